The first kappa shape index (κ1) is 32.9. The number of carbonyl (C=O) groups is 5. The van der Waals surface area contributed by atoms with Crippen LogP contribution in [0.25, 0.3) is 10.9 Å². The van der Waals surface area contributed by atoms with Gasteiger partial charge in [0.2, 0.25) is 11.8 Å². The fourth-order valence-electron chi connectivity index (χ4n) is 5.38. The number of esters is 1. The molecule has 0 saturated carbocycles. The van der Waals surface area contributed by atoms with Crippen LogP contribution >= 0.6 is 0 Å². The molecule has 44 heavy (non-hydrogen) atoms. The molecule has 4 N–H and O–H groups in total. The van der Waals surface area contributed by atoms with Gasteiger partial charge in [-0.15, -0.1) is 0 Å². The maximum Gasteiger partial charge on any atom is 0.366 e. The first-order valence-corrected chi connectivity index (χ1v) is 15.0. The molecule has 240 valence electrons. The molecule has 3 amide bonds. The summed E-state index contributed by atoms with van der Waals surface area (Å²) in [4.78, 5) is 68.6. The Balaban J connectivity index is 1.48. The van der Waals surface area contributed by atoms with Crippen LogP contribution in [-0.2, 0) is 33.4 Å². The van der Waals surface area contributed by atoms with Gasteiger partial charge in [-0.3, -0.25) is 19.2 Å². The number of ketones is 1. The van der Waals surface area contributed by atoms with E-state index in [1.807, 2.05) is 19.9 Å². The Morgan fingerprint density at radius 1 is 1.09 bits per heavy atom. The van der Waals surface area contributed by atoms with E-state index in [-0.39, 0.29) is 30.4 Å². The third-order valence-corrected chi connectivity index (χ3v) is 7.80. The van der Waals surface area contributed by atoms with Crippen molar-refractivity contribution in [2.75, 3.05) is 33.5 Å². The number of Topliss-reactive ketones (excluding diaryl/α,β-unsaturated/α-hetero) is 1. The summed E-state index contributed by atoms with van der Waals surface area (Å²) in [6, 6.07) is 4.90. The predicted molar refractivity (Wildman–Crippen MR) is 159 cm³/mol. The lowest BCUT2D eigenvalue weighted by Gasteiger charge is -2.31. The summed E-state index contributed by atoms with van der Waals surface area (Å²) in [5, 5.41) is 9.03. The zero-order valence-corrected chi connectivity index (χ0v) is 25.7. The van der Waals surface area contributed by atoms with Gasteiger partial charge in [-0.25, -0.2) is 4.79 Å². The molecule has 0 radical (unpaired) electrons. The van der Waals surface area contributed by atoms with Gasteiger partial charge in [0, 0.05) is 30.3 Å². The number of hydrogen-bond acceptors (Lipinski definition) is 9. The second-order valence-electron chi connectivity index (χ2n) is 11.7. The molecule has 13 nitrogen and oxygen atoms in total. The summed E-state index contributed by atoms with van der Waals surface area (Å²) in [6.45, 7) is 5.74. The maximum absolute atomic E-state index is 13.6. The van der Waals surface area contributed by atoms with E-state index in [1.165, 1.54) is 14.0 Å². The lowest BCUT2D eigenvalue weighted by molar-refractivity contribution is -0.260. The standard InChI is InChI=1S/C31H42N4O9/c1-18(2)14-23(35-29(39)24-16-20-21(33-24)9-5-10-26(20)41-4)28(38)34-22(15-19-8-6-11-32-27(19)37)25(36)17-42-30(40)31(3)43-12-7-13-44-31/h5,9-10,16,18-19,22-23,33H,6-8,11-15,17H2,1-4H3,(H,32,37)(H,34,38)(H,35,39)/t19-,22-,23-/m0/s1. The van der Waals surface area contributed by atoms with Crippen LogP contribution in [0.1, 0.15) is 63.4 Å². The lowest BCUT2D eigenvalue weighted by atomic mass is 9.90. The van der Waals surface area contributed by atoms with E-state index in [2.05, 4.69) is 20.9 Å². The Morgan fingerprint density at radius 2 is 1.84 bits per heavy atom. The Labute approximate surface area is 256 Å². The molecule has 0 unspecified atom stereocenters. The zero-order chi connectivity index (χ0) is 31.9. The van der Waals surface area contributed by atoms with Gasteiger partial charge >= 0.3 is 5.97 Å². The van der Waals surface area contributed by atoms with E-state index in [0.717, 1.165) is 6.42 Å². The Hall–Kier alpha value is -3.97. The van der Waals surface area contributed by atoms with Gasteiger partial charge in [0.1, 0.15) is 17.5 Å². The van der Waals surface area contributed by atoms with Crippen LogP contribution in [0.2, 0.25) is 0 Å². The molecule has 0 spiro atoms. The number of nitrogens with one attached hydrogen (secondary N) is 4. The summed E-state index contributed by atoms with van der Waals surface area (Å²) in [5.74, 6) is -4.29. The van der Waals surface area contributed by atoms with Gasteiger partial charge in [0.05, 0.1) is 26.4 Å². The highest BCUT2D eigenvalue weighted by atomic mass is 16.7. The van der Waals surface area contributed by atoms with Gasteiger partial charge < -0.3 is 39.9 Å². The SMILES string of the molecule is COc1cccc2[nH]c(C(=O)N[C@@H](CC(C)C)C(=O)N[C@@H](C[C@@H]3CCCNC3=O)C(=O)COC(=O)C3(C)OCCCO3)cc12. The van der Waals surface area contributed by atoms with Crippen molar-refractivity contribution in [2.24, 2.45) is 11.8 Å². The van der Waals surface area contributed by atoms with Gasteiger partial charge in [0.15, 0.2) is 12.4 Å². The van der Waals surface area contributed by atoms with Crippen molar-refractivity contribution in [1.82, 2.24) is 20.9 Å². The summed E-state index contributed by atoms with van der Waals surface area (Å²) < 4.78 is 21.5. The van der Waals surface area contributed by atoms with Crippen LogP contribution in [-0.4, -0.2) is 85.8 Å². The highest BCUT2D eigenvalue weighted by molar-refractivity contribution is 6.02. The quantitative estimate of drug-likeness (QED) is 0.246. The monoisotopic (exact) mass is 614 g/mol. The van der Waals surface area contributed by atoms with Crippen molar-refractivity contribution in [3.63, 3.8) is 0 Å². The van der Waals surface area contributed by atoms with Crippen molar-refractivity contribution in [1.29, 1.82) is 0 Å². The van der Waals surface area contributed by atoms with Crippen molar-refractivity contribution in [3.8, 4) is 5.75 Å². The molecule has 3 atom stereocenters. The molecule has 2 saturated heterocycles. The number of benzene rings is 1. The molecule has 2 aliphatic heterocycles. The van der Waals surface area contributed by atoms with Crippen LogP contribution in [0.3, 0.4) is 0 Å². The zero-order valence-electron chi connectivity index (χ0n) is 25.7. The molecule has 4 rings (SSSR count). The predicted octanol–water partition coefficient (Wildman–Crippen LogP) is 1.99. The summed E-state index contributed by atoms with van der Waals surface area (Å²) in [7, 11) is 1.54. The topological polar surface area (TPSA) is 174 Å². The third-order valence-electron chi connectivity index (χ3n) is 7.80. The van der Waals surface area contributed by atoms with E-state index < -0.39 is 54.0 Å². The number of aromatic nitrogens is 1. The van der Waals surface area contributed by atoms with E-state index in [1.54, 1.807) is 18.2 Å². The van der Waals surface area contributed by atoms with E-state index in [0.29, 0.717) is 49.3 Å². The molecule has 2 aliphatic rings. The lowest BCUT2D eigenvalue weighted by Crippen LogP contribution is -2.54. The van der Waals surface area contributed by atoms with E-state index in [9.17, 15) is 24.0 Å². The molecule has 13 heteroatoms. The number of aromatic amines is 1. The largest absolute Gasteiger partial charge is 0.496 e. The fourth-order valence-corrected chi connectivity index (χ4v) is 5.38. The molecule has 2 fully saturated rings. The second-order valence-corrected chi connectivity index (χ2v) is 11.7. The number of amides is 3. The number of piperidine rings is 1. The normalized spacial score (nSPS) is 19.5. The highest BCUT2D eigenvalue weighted by Crippen LogP contribution is 2.26. The number of methoxy groups -OCH3 is 1. The highest BCUT2D eigenvalue weighted by Gasteiger charge is 2.40. The number of hydrogen-bond donors (Lipinski definition) is 4. The molecule has 0 aliphatic carbocycles. The first-order chi connectivity index (χ1) is 21.0. The summed E-state index contributed by atoms with van der Waals surface area (Å²) in [5.41, 5.74) is 0.938. The number of rotatable bonds is 13. The molecule has 3 heterocycles. The number of H-pyrrole nitrogens is 1. The van der Waals surface area contributed by atoms with Crippen molar-refractivity contribution < 1.29 is 42.9 Å². The van der Waals surface area contributed by atoms with E-state index >= 15 is 0 Å². The smallest absolute Gasteiger partial charge is 0.366 e. The van der Waals surface area contributed by atoms with Crippen LogP contribution in [0.4, 0.5) is 0 Å². The summed E-state index contributed by atoms with van der Waals surface area (Å²) >= 11 is 0. The second kappa shape index (κ2) is 14.7. The van der Waals surface area contributed by atoms with Crippen LogP contribution in [0.15, 0.2) is 24.3 Å². The van der Waals surface area contributed by atoms with Crippen LogP contribution < -0.4 is 20.7 Å². The molecular formula is C31H42N4O9. The number of carbonyl (C=O) groups excluding carboxylic acids is 5. The van der Waals surface area contributed by atoms with Crippen LogP contribution in [0, 0.1) is 11.8 Å². The molecule has 1 aromatic heterocycles. The van der Waals surface area contributed by atoms with Crippen molar-refractivity contribution >= 4 is 40.4 Å². The molecule has 0 bridgehead atoms. The van der Waals surface area contributed by atoms with Crippen molar-refractivity contribution in [2.45, 2.75) is 70.7 Å². The maximum atomic E-state index is 13.6. The first-order valence-electron chi connectivity index (χ1n) is 15.0. The van der Waals surface area contributed by atoms with Crippen LogP contribution in [0.5, 0.6) is 5.75 Å². The average Bonchev–Trinajstić information content (AvgIpc) is 3.45. The third kappa shape index (κ3) is 8.14. The van der Waals surface area contributed by atoms with Gasteiger partial charge in [-0.2, -0.15) is 0 Å². The number of ether oxygens (including phenoxy) is 4. The minimum atomic E-state index is -1.63. The van der Waals surface area contributed by atoms with Gasteiger partial charge in [-0.1, -0.05) is 19.9 Å². The molecule has 1 aromatic carbocycles. The number of fused-ring (bicyclic) bond motifs is 1. The van der Waals surface area contributed by atoms with Gasteiger partial charge in [0.25, 0.3) is 11.7 Å². The Kier molecular flexibility index (Phi) is 11.0. The Morgan fingerprint density at radius 3 is 2.52 bits per heavy atom. The minimum absolute atomic E-state index is 0.0163. The van der Waals surface area contributed by atoms with Gasteiger partial charge in [-0.05, 0) is 56.2 Å². The summed E-state index contributed by atoms with van der Waals surface area (Å²) in [6.07, 6.45) is 2.20. The average molecular weight is 615 g/mol. The molecule has 2 aromatic rings. The minimum Gasteiger partial charge on any atom is -0.496 e. The van der Waals surface area contributed by atoms with E-state index in [4.69, 9.17) is 18.9 Å². The Bertz CT molecular complexity index is 1370. The van der Waals surface area contributed by atoms with Crippen molar-refractivity contribution in [3.05, 3.63) is 30.0 Å². The molecular weight excluding hydrogens is 572 g/mol. The fraction of sp³-hybridized carbons (Fsp3) is 0.581.